The molecule has 0 aromatic heterocycles. The van der Waals surface area contributed by atoms with Crippen molar-refractivity contribution >= 4 is 15.5 Å². The lowest BCUT2D eigenvalue weighted by molar-refractivity contribution is -0.0435. The third-order valence-corrected chi connectivity index (χ3v) is 3.76. The number of hydrogen-bond donors (Lipinski definition) is 1. The molecule has 0 aliphatic heterocycles. The Balaban J connectivity index is 3.30. The summed E-state index contributed by atoms with van der Waals surface area (Å²) in [6.07, 6.45) is 1.46. The summed E-state index contributed by atoms with van der Waals surface area (Å²) in [6, 6.07) is 4.53. The van der Waals surface area contributed by atoms with E-state index in [9.17, 15) is 21.6 Å². The summed E-state index contributed by atoms with van der Waals surface area (Å²) in [5.41, 5.74) is -5.41. The van der Waals surface area contributed by atoms with Gasteiger partial charge in [-0.25, -0.2) is 8.42 Å². The number of hydrogen-bond acceptors (Lipinski definition) is 3. The predicted octanol–water partition coefficient (Wildman–Crippen LogP) is 2.97. The molecular weight excluding hydrogens is 267 g/mol. The molecule has 1 atom stereocenters. The first-order valence-corrected chi connectivity index (χ1v) is 6.48. The molecule has 0 spiro atoms. The van der Waals surface area contributed by atoms with E-state index in [1.807, 2.05) is 0 Å². The summed E-state index contributed by atoms with van der Waals surface area (Å²) in [5, 5.41) is 2.64. The van der Waals surface area contributed by atoms with Crippen LogP contribution in [0.15, 0.2) is 41.8 Å². The molecule has 1 rings (SSSR count). The second-order valence-corrected chi connectivity index (χ2v) is 5.52. The van der Waals surface area contributed by atoms with Crippen molar-refractivity contribution in [1.29, 1.82) is 0 Å². The molecule has 1 N–H and O–H groups in total. The zero-order chi connectivity index (χ0) is 14.0. The summed E-state index contributed by atoms with van der Waals surface area (Å²) in [5.74, 6) is 0. The number of nitrogens with one attached hydrogen (secondary N) is 1. The molecule has 0 aliphatic carbocycles. The zero-order valence-corrected chi connectivity index (χ0v) is 10.3. The van der Waals surface area contributed by atoms with Gasteiger partial charge in [0.1, 0.15) is 0 Å². The van der Waals surface area contributed by atoms with E-state index < -0.39 is 20.2 Å². The van der Waals surface area contributed by atoms with E-state index in [0.29, 0.717) is 0 Å². The molecule has 1 aromatic rings. The van der Waals surface area contributed by atoms with Crippen LogP contribution >= 0.6 is 0 Å². The zero-order valence-electron chi connectivity index (χ0n) is 9.53. The first-order valence-electron chi connectivity index (χ1n) is 4.99. The maximum atomic E-state index is 12.5. The minimum Gasteiger partial charge on any atom is -0.378 e. The number of rotatable bonds is 4. The summed E-state index contributed by atoms with van der Waals surface area (Å²) in [4.78, 5) is -0.786. The minimum atomic E-state index is -5.36. The average Bonchev–Trinajstić information content (AvgIpc) is 2.28. The molecule has 0 saturated carbocycles. The van der Waals surface area contributed by atoms with Crippen LogP contribution in [0, 0.1) is 0 Å². The third-order valence-electron chi connectivity index (χ3n) is 2.22. The lowest BCUT2D eigenvalue weighted by Gasteiger charge is -2.16. The number of para-hydroxylation sites is 1. The molecule has 0 saturated heterocycles. The second kappa shape index (κ2) is 5.01. The molecule has 1 unspecified atom stereocenters. The van der Waals surface area contributed by atoms with Gasteiger partial charge in [-0.3, -0.25) is 0 Å². The van der Waals surface area contributed by atoms with Gasteiger partial charge in [0, 0.05) is 6.04 Å². The maximum absolute atomic E-state index is 12.5. The van der Waals surface area contributed by atoms with Crippen LogP contribution in [0.4, 0.5) is 18.9 Å². The number of alkyl halides is 3. The van der Waals surface area contributed by atoms with E-state index >= 15 is 0 Å². The largest absolute Gasteiger partial charge is 0.501 e. The molecule has 0 heterocycles. The predicted molar refractivity (Wildman–Crippen MR) is 63.0 cm³/mol. The van der Waals surface area contributed by atoms with Crippen LogP contribution in [0.5, 0.6) is 0 Å². The van der Waals surface area contributed by atoms with Gasteiger partial charge in [0.05, 0.1) is 10.6 Å². The highest BCUT2D eigenvalue weighted by Gasteiger charge is 2.47. The van der Waals surface area contributed by atoms with Gasteiger partial charge >= 0.3 is 5.51 Å². The highest BCUT2D eigenvalue weighted by molar-refractivity contribution is 7.92. The van der Waals surface area contributed by atoms with Gasteiger partial charge in [0.25, 0.3) is 9.84 Å². The van der Waals surface area contributed by atoms with Gasteiger partial charge in [-0.15, -0.1) is 6.58 Å². The summed E-state index contributed by atoms with van der Waals surface area (Å²) >= 11 is 0. The van der Waals surface area contributed by atoms with Gasteiger partial charge in [-0.1, -0.05) is 18.2 Å². The van der Waals surface area contributed by atoms with Crippen molar-refractivity contribution in [1.82, 2.24) is 0 Å². The standard InChI is InChI=1S/C11H12F3NO2S/c1-3-8(2)15-9-6-4-5-7-10(9)18(16,17)11(12,13)14/h3-8,15H,1H2,2H3. The Bertz CT molecular complexity index is 537. The van der Waals surface area contributed by atoms with E-state index in [4.69, 9.17) is 0 Å². The fraction of sp³-hybridized carbons (Fsp3) is 0.273. The van der Waals surface area contributed by atoms with Gasteiger partial charge in [0.15, 0.2) is 0 Å². The van der Waals surface area contributed by atoms with Crippen molar-refractivity contribution in [3.63, 3.8) is 0 Å². The summed E-state index contributed by atoms with van der Waals surface area (Å²) in [6.45, 7) is 5.11. The van der Waals surface area contributed by atoms with Crippen LogP contribution in [0.3, 0.4) is 0 Å². The van der Waals surface area contributed by atoms with Gasteiger partial charge in [-0.05, 0) is 19.1 Å². The molecule has 1 aromatic carbocycles. The smallest absolute Gasteiger partial charge is 0.378 e. The van der Waals surface area contributed by atoms with E-state index in [1.165, 1.54) is 24.3 Å². The first kappa shape index (κ1) is 14.6. The molecule has 0 amide bonds. The van der Waals surface area contributed by atoms with Crippen LogP contribution in [-0.4, -0.2) is 20.0 Å². The van der Waals surface area contributed by atoms with Crippen LogP contribution in [0.1, 0.15) is 6.92 Å². The topological polar surface area (TPSA) is 46.2 Å². The van der Waals surface area contributed by atoms with Crippen LogP contribution in [0.25, 0.3) is 0 Å². The van der Waals surface area contributed by atoms with Gasteiger partial charge in [0.2, 0.25) is 0 Å². The Hall–Kier alpha value is -1.50. The summed E-state index contributed by atoms with van der Waals surface area (Å²) in [7, 11) is -5.36. The SMILES string of the molecule is C=CC(C)Nc1ccccc1S(=O)(=O)C(F)(F)F. The Kier molecular flexibility index (Phi) is 4.05. The Morgan fingerprint density at radius 2 is 1.89 bits per heavy atom. The van der Waals surface area contributed by atoms with Crippen LogP contribution in [-0.2, 0) is 9.84 Å². The van der Waals surface area contributed by atoms with Crippen molar-refractivity contribution in [2.24, 2.45) is 0 Å². The molecule has 18 heavy (non-hydrogen) atoms. The Labute approximate surface area is 103 Å². The fourth-order valence-electron chi connectivity index (χ4n) is 1.25. The summed E-state index contributed by atoms with van der Waals surface area (Å²) < 4.78 is 60.2. The van der Waals surface area contributed by atoms with E-state index in [0.717, 1.165) is 6.07 Å². The molecule has 0 bridgehead atoms. The lowest BCUT2D eigenvalue weighted by Crippen LogP contribution is -2.25. The van der Waals surface area contributed by atoms with Crippen LogP contribution in [0.2, 0.25) is 0 Å². The third kappa shape index (κ3) is 2.84. The highest BCUT2D eigenvalue weighted by Crippen LogP contribution is 2.34. The van der Waals surface area contributed by atoms with Crippen molar-refractivity contribution in [2.75, 3.05) is 5.32 Å². The Morgan fingerprint density at radius 3 is 2.39 bits per heavy atom. The van der Waals surface area contributed by atoms with E-state index in [1.54, 1.807) is 6.92 Å². The lowest BCUT2D eigenvalue weighted by atomic mass is 10.2. The molecule has 0 radical (unpaired) electrons. The molecule has 100 valence electrons. The molecule has 7 heteroatoms. The van der Waals surface area contributed by atoms with Crippen molar-refractivity contribution < 1.29 is 21.6 Å². The van der Waals surface area contributed by atoms with E-state index in [2.05, 4.69) is 11.9 Å². The van der Waals surface area contributed by atoms with E-state index in [-0.39, 0.29) is 11.7 Å². The monoisotopic (exact) mass is 279 g/mol. The normalized spacial score (nSPS) is 14.0. The number of sulfone groups is 1. The number of halogens is 3. The quantitative estimate of drug-likeness (QED) is 0.862. The van der Waals surface area contributed by atoms with Crippen molar-refractivity contribution in [2.45, 2.75) is 23.4 Å². The molecule has 0 fully saturated rings. The minimum absolute atomic E-state index is 0.0952. The fourth-order valence-corrected chi connectivity index (χ4v) is 2.17. The number of benzene rings is 1. The highest BCUT2D eigenvalue weighted by atomic mass is 32.2. The number of anilines is 1. The van der Waals surface area contributed by atoms with Crippen molar-refractivity contribution in [3.8, 4) is 0 Å². The van der Waals surface area contributed by atoms with Gasteiger partial charge < -0.3 is 5.32 Å². The van der Waals surface area contributed by atoms with Gasteiger partial charge in [-0.2, -0.15) is 13.2 Å². The second-order valence-electron chi connectivity index (χ2n) is 3.61. The Morgan fingerprint density at radius 1 is 1.33 bits per heavy atom. The maximum Gasteiger partial charge on any atom is 0.501 e. The molecule has 3 nitrogen and oxygen atoms in total. The van der Waals surface area contributed by atoms with Crippen LogP contribution < -0.4 is 5.32 Å². The molecular formula is C11H12F3NO2S. The first-order chi connectivity index (χ1) is 8.20. The molecule has 0 aliphatic rings. The average molecular weight is 279 g/mol. The van der Waals surface area contributed by atoms with Crippen molar-refractivity contribution in [3.05, 3.63) is 36.9 Å².